The van der Waals surface area contributed by atoms with E-state index >= 15 is 0 Å². The number of benzene rings is 3. The molecular formula is C29H33N4O2P. The topological polar surface area (TPSA) is 69.1 Å². The normalized spacial score (nSPS) is 18.0. The van der Waals surface area contributed by atoms with E-state index in [0.717, 1.165) is 48.4 Å². The summed E-state index contributed by atoms with van der Waals surface area (Å²) in [6.45, 7) is 13.2. The summed E-state index contributed by atoms with van der Waals surface area (Å²) in [6.07, 6.45) is 0. The van der Waals surface area contributed by atoms with Crippen molar-refractivity contribution in [3.8, 4) is 22.6 Å². The molecule has 186 valence electrons. The molecule has 0 aliphatic carbocycles. The van der Waals surface area contributed by atoms with Gasteiger partial charge in [-0.25, -0.2) is 4.99 Å². The fraction of sp³-hybridized carbons (Fsp3) is 0.276. The summed E-state index contributed by atoms with van der Waals surface area (Å²) in [5.74, 6) is 2.28. The minimum absolute atomic E-state index is 0.204. The molecule has 5 rings (SSSR count). The fourth-order valence-electron chi connectivity index (χ4n) is 4.69. The third kappa shape index (κ3) is 5.11. The summed E-state index contributed by atoms with van der Waals surface area (Å²) >= 11 is 0. The Balaban J connectivity index is 1.50. The highest BCUT2D eigenvalue weighted by Crippen LogP contribution is 2.35. The van der Waals surface area contributed by atoms with Crippen molar-refractivity contribution < 1.29 is 9.84 Å². The molecule has 3 aromatic carbocycles. The lowest BCUT2D eigenvalue weighted by Crippen LogP contribution is -2.34. The van der Waals surface area contributed by atoms with Gasteiger partial charge in [-0.2, -0.15) is 0 Å². The summed E-state index contributed by atoms with van der Waals surface area (Å²) in [4.78, 5) is 7.13. The molecule has 0 spiro atoms. The van der Waals surface area contributed by atoms with Crippen LogP contribution in [0, 0.1) is 0 Å². The molecule has 2 aliphatic heterocycles. The maximum absolute atomic E-state index is 9.90. The van der Waals surface area contributed by atoms with Gasteiger partial charge in [0.2, 0.25) is 0 Å². The van der Waals surface area contributed by atoms with Gasteiger partial charge in [-0.15, -0.1) is 0 Å². The number of hydrogen-bond donors (Lipinski definition) is 3. The van der Waals surface area contributed by atoms with Crippen LogP contribution in [0.3, 0.4) is 0 Å². The molecule has 0 radical (unpaired) electrons. The number of ether oxygens (including phenoxy) is 1. The van der Waals surface area contributed by atoms with Gasteiger partial charge in [0.05, 0.1) is 12.5 Å². The molecular weight excluding hydrogens is 467 g/mol. The largest absolute Gasteiger partial charge is 0.508 e. The van der Waals surface area contributed by atoms with Crippen molar-refractivity contribution in [1.82, 2.24) is 10.2 Å². The number of aliphatic imine (C=N–C) groups is 1. The standard InChI is InChI=1S/C29H33N4O2P/c1-5-30-29-32-25-16-21(7-11-27(25)36-29)20-6-10-26-22(15-20)17-33(12-13-35-26)28(31-18(2)3)24-9-8-23(34)14-19(24)4/h6-11,14-16,29-30,32,34,36H,4-5,12-13,17H2,1-3H3/b28-24+. The fourth-order valence-corrected chi connectivity index (χ4v) is 6.01. The average Bonchev–Trinajstić information content (AvgIpc) is 3.12. The first-order valence-corrected chi connectivity index (χ1v) is 13.4. The summed E-state index contributed by atoms with van der Waals surface area (Å²) in [5.41, 5.74) is 5.64. The van der Waals surface area contributed by atoms with Crippen molar-refractivity contribution in [2.45, 2.75) is 33.2 Å². The lowest BCUT2D eigenvalue weighted by molar-refractivity contribution is 0.281. The monoisotopic (exact) mass is 500 g/mol. The Labute approximate surface area is 214 Å². The zero-order valence-electron chi connectivity index (χ0n) is 21.1. The Morgan fingerprint density at radius 1 is 1.17 bits per heavy atom. The predicted octanol–water partition coefficient (Wildman–Crippen LogP) is 3.53. The molecule has 0 saturated carbocycles. The van der Waals surface area contributed by atoms with E-state index in [9.17, 15) is 5.11 Å². The van der Waals surface area contributed by atoms with E-state index in [2.05, 4.69) is 65.4 Å². The van der Waals surface area contributed by atoms with Crippen LogP contribution >= 0.6 is 8.58 Å². The Hall–Kier alpha value is -3.34. The molecule has 36 heavy (non-hydrogen) atoms. The van der Waals surface area contributed by atoms with E-state index in [1.807, 2.05) is 19.9 Å². The molecule has 0 amide bonds. The number of anilines is 1. The summed E-state index contributed by atoms with van der Waals surface area (Å²) in [5, 5.41) is 20.0. The van der Waals surface area contributed by atoms with Gasteiger partial charge in [0.15, 0.2) is 0 Å². The Morgan fingerprint density at radius 2 is 1.97 bits per heavy atom. The van der Waals surface area contributed by atoms with Crippen molar-refractivity contribution in [2.24, 2.45) is 4.99 Å². The van der Waals surface area contributed by atoms with Crippen LogP contribution in [0.25, 0.3) is 23.5 Å². The Kier molecular flexibility index (Phi) is 6.99. The molecule has 2 unspecified atom stereocenters. The maximum Gasteiger partial charge on any atom is 0.136 e. The molecule has 3 N–H and O–H groups in total. The molecule has 6 nitrogen and oxygen atoms in total. The summed E-state index contributed by atoms with van der Waals surface area (Å²) in [7, 11) is 0.726. The first kappa shape index (κ1) is 24.4. The second-order valence-corrected chi connectivity index (χ2v) is 10.8. The average molecular weight is 501 g/mol. The SMILES string of the molecule is C=c1cc(O)cc/c1=C(/N=C(C)C)N1CCOc2ccc(-c3ccc4c(c3)NC(NCC)P4)cc2C1. The van der Waals surface area contributed by atoms with Gasteiger partial charge in [-0.3, -0.25) is 5.32 Å². The van der Waals surface area contributed by atoms with Gasteiger partial charge in [0.1, 0.15) is 23.9 Å². The van der Waals surface area contributed by atoms with E-state index in [0.29, 0.717) is 25.6 Å². The van der Waals surface area contributed by atoms with Gasteiger partial charge < -0.3 is 20.1 Å². The highest BCUT2D eigenvalue weighted by molar-refractivity contribution is 7.49. The smallest absolute Gasteiger partial charge is 0.136 e. The van der Waals surface area contributed by atoms with Crippen LogP contribution in [0.5, 0.6) is 11.5 Å². The van der Waals surface area contributed by atoms with Crippen molar-refractivity contribution in [3.63, 3.8) is 0 Å². The zero-order chi connectivity index (χ0) is 25.2. The molecule has 2 atom stereocenters. The van der Waals surface area contributed by atoms with Crippen LogP contribution in [-0.4, -0.2) is 41.3 Å². The second kappa shape index (κ2) is 10.3. The molecule has 0 bridgehead atoms. The number of nitrogens with one attached hydrogen (secondary N) is 2. The number of hydrogen-bond acceptors (Lipinski definition) is 6. The van der Waals surface area contributed by atoms with Crippen LogP contribution < -0.4 is 31.1 Å². The van der Waals surface area contributed by atoms with Crippen LogP contribution in [-0.2, 0) is 6.54 Å². The number of nitrogens with zero attached hydrogens (tertiary/aromatic N) is 2. The quantitative estimate of drug-likeness (QED) is 0.370. The summed E-state index contributed by atoms with van der Waals surface area (Å²) in [6, 6.07) is 18.4. The first-order chi connectivity index (χ1) is 17.4. The lowest BCUT2D eigenvalue weighted by atomic mass is 10.0. The number of fused-ring (bicyclic) bond motifs is 2. The van der Waals surface area contributed by atoms with E-state index in [1.54, 1.807) is 12.1 Å². The van der Waals surface area contributed by atoms with Crippen LogP contribution in [0.2, 0.25) is 0 Å². The van der Waals surface area contributed by atoms with Crippen LogP contribution in [0.1, 0.15) is 26.3 Å². The van der Waals surface area contributed by atoms with E-state index < -0.39 is 0 Å². The third-order valence-electron chi connectivity index (χ3n) is 6.36. The molecule has 7 heteroatoms. The van der Waals surface area contributed by atoms with E-state index in [4.69, 9.17) is 9.73 Å². The molecule has 2 heterocycles. The highest BCUT2D eigenvalue weighted by atomic mass is 31.1. The molecule has 3 aromatic rings. The number of rotatable bonds is 5. The molecule has 2 aliphatic rings. The van der Waals surface area contributed by atoms with E-state index in [-0.39, 0.29) is 5.75 Å². The second-order valence-electron chi connectivity index (χ2n) is 9.36. The molecule has 0 fully saturated rings. The van der Waals surface area contributed by atoms with Crippen LogP contribution in [0.15, 0.2) is 59.6 Å². The summed E-state index contributed by atoms with van der Waals surface area (Å²) < 4.78 is 6.15. The van der Waals surface area contributed by atoms with Crippen molar-refractivity contribution in [1.29, 1.82) is 0 Å². The Bertz CT molecular complexity index is 1430. The van der Waals surface area contributed by atoms with Crippen LogP contribution in [0.4, 0.5) is 5.69 Å². The minimum atomic E-state index is 0.204. The number of aromatic hydroxyl groups is 1. The number of phenols is 1. The minimum Gasteiger partial charge on any atom is -0.508 e. The van der Waals surface area contributed by atoms with E-state index in [1.165, 1.54) is 22.1 Å². The van der Waals surface area contributed by atoms with Crippen molar-refractivity contribution in [2.75, 3.05) is 25.0 Å². The van der Waals surface area contributed by atoms with Gasteiger partial charge in [0.25, 0.3) is 0 Å². The number of phenolic OH excluding ortho intramolecular Hbond substituents is 1. The predicted molar refractivity (Wildman–Crippen MR) is 152 cm³/mol. The van der Waals surface area contributed by atoms with Gasteiger partial charge in [-0.1, -0.05) is 31.7 Å². The first-order valence-electron chi connectivity index (χ1n) is 12.4. The third-order valence-corrected chi connectivity index (χ3v) is 7.74. The van der Waals surface area contributed by atoms with Gasteiger partial charge in [0, 0.05) is 28.7 Å². The highest BCUT2D eigenvalue weighted by Gasteiger charge is 2.22. The molecule has 0 saturated heterocycles. The van der Waals surface area contributed by atoms with Gasteiger partial charge >= 0.3 is 0 Å². The lowest BCUT2D eigenvalue weighted by Gasteiger charge is -2.23. The van der Waals surface area contributed by atoms with Crippen molar-refractivity contribution in [3.05, 3.63) is 70.6 Å². The Morgan fingerprint density at radius 3 is 2.75 bits per heavy atom. The van der Waals surface area contributed by atoms with Gasteiger partial charge in [-0.05, 0) is 87.0 Å². The molecule has 0 aromatic heterocycles. The zero-order valence-corrected chi connectivity index (χ0v) is 22.1. The van der Waals surface area contributed by atoms with Crippen molar-refractivity contribution >= 4 is 37.7 Å². The maximum atomic E-state index is 9.90.